The van der Waals surface area contributed by atoms with Gasteiger partial charge in [0, 0.05) is 30.6 Å². The van der Waals surface area contributed by atoms with Crippen LogP contribution in [0.15, 0.2) is 48.5 Å². The van der Waals surface area contributed by atoms with Gasteiger partial charge in [-0.1, -0.05) is 0 Å². The number of thiol groups is 1. The Balaban J connectivity index is 2.09. The van der Waals surface area contributed by atoms with Crippen molar-refractivity contribution >= 4 is 19.0 Å². The normalized spacial score (nSPS) is 11.6. The first-order valence-corrected chi connectivity index (χ1v) is 9.89. The summed E-state index contributed by atoms with van der Waals surface area (Å²) in [6.07, 6.45) is -0.526. The fourth-order valence-corrected chi connectivity index (χ4v) is 3.38. The Bertz CT molecular complexity index is 922. The van der Waals surface area contributed by atoms with Gasteiger partial charge in [0.05, 0.1) is 31.6 Å². The number of imidazole rings is 1. The summed E-state index contributed by atoms with van der Waals surface area (Å²) in [6, 6.07) is 15.1. The molecular formula is C22H25N3O4S. The lowest BCUT2D eigenvalue weighted by Gasteiger charge is -2.24. The van der Waals surface area contributed by atoms with E-state index in [1.54, 1.807) is 19.1 Å². The number of nitrogens with zero attached hydrogens (tertiary/aromatic N) is 2. The van der Waals surface area contributed by atoms with Crippen LogP contribution >= 0.6 is 12.9 Å². The first-order valence-electron chi connectivity index (χ1n) is 9.53. The summed E-state index contributed by atoms with van der Waals surface area (Å²) in [5, 5.41) is 0. The largest absolute Gasteiger partial charge is 0.497 e. The number of hydrogen-bond acceptors (Lipinski definition) is 6. The van der Waals surface area contributed by atoms with Gasteiger partial charge < -0.3 is 18.6 Å². The Hall–Kier alpha value is -3.13. The minimum atomic E-state index is -0.526. The Morgan fingerprint density at radius 3 is 2.03 bits per heavy atom. The van der Waals surface area contributed by atoms with Gasteiger partial charge in [-0.15, -0.1) is 0 Å². The number of amides is 1. The highest BCUT2D eigenvalue weighted by Crippen LogP contribution is 2.34. The van der Waals surface area contributed by atoms with Gasteiger partial charge in [0.2, 0.25) is 0 Å². The minimum Gasteiger partial charge on any atom is -0.497 e. The molecular weight excluding hydrogens is 402 g/mol. The third kappa shape index (κ3) is 4.38. The van der Waals surface area contributed by atoms with E-state index < -0.39 is 6.09 Å². The molecule has 3 aromatic rings. The van der Waals surface area contributed by atoms with Crippen molar-refractivity contribution in [1.82, 2.24) is 14.9 Å². The van der Waals surface area contributed by atoms with Crippen LogP contribution in [-0.4, -0.2) is 41.7 Å². The molecule has 0 saturated heterocycles. The molecule has 7 nitrogen and oxygen atoms in total. The van der Waals surface area contributed by atoms with Crippen LogP contribution < -0.4 is 9.47 Å². The Labute approximate surface area is 181 Å². The monoisotopic (exact) mass is 427 g/mol. The van der Waals surface area contributed by atoms with Crippen molar-refractivity contribution in [1.29, 1.82) is 0 Å². The number of rotatable bonds is 7. The van der Waals surface area contributed by atoms with Gasteiger partial charge in [-0.2, -0.15) is 0 Å². The Morgan fingerprint density at radius 1 is 1.03 bits per heavy atom. The van der Waals surface area contributed by atoms with Crippen molar-refractivity contribution < 1.29 is 18.5 Å². The highest BCUT2D eigenvalue weighted by Gasteiger charge is 2.25. The number of carbonyl (C=O) groups is 1. The highest BCUT2D eigenvalue weighted by atomic mass is 32.1. The van der Waals surface area contributed by atoms with E-state index in [0.717, 1.165) is 34.0 Å². The van der Waals surface area contributed by atoms with Crippen molar-refractivity contribution in [2.45, 2.75) is 19.9 Å². The topological polar surface area (TPSA) is 76.7 Å². The SMILES string of the molecule is CCN(C(=O)OS)C(C)c1nc(-c2ccc(OC)cc2)c(-c2ccc(OC)cc2)[nH]1. The van der Waals surface area contributed by atoms with E-state index in [1.807, 2.05) is 62.4 Å². The van der Waals surface area contributed by atoms with E-state index in [9.17, 15) is 4.79 Å². The lowest BCUT2D eigenvalue weighted by atomic mass is 10.0. The third-order valence-corrected chi connectivity index (χ3v) is 5.14. The number of aromatic amines is 1. The predicted molar refractivity (Wildman–Crippen MR) is 119 cm³/mol. The predicted octanol–water partition coefficient (Wildman–Crippen LogP) is 5.13. The molecule has 1 N–H and O–H groups in total. The number of H-pyrrole nitrogens is 1. The van der Waals surface area contributed by atoms with Gasteiger partial charge in [0.25, 0.3) is 0 Å². The first-order chi connectivity index (χ1) is 14.5. The maximum atomic E-state index is 12.1. The molecule has 0 aliphatic carbocycles. The van der Waals surface area contributed by atoms with E-state index >= 15 is 0 Å². The van der Waals surface area contributed by atoms with Crippen molar-refractivity contribution in [2.75, 3.05) is 20.8 Å². The summed E-state index contributed by atoms with van der Waals surface area (Å²) < 4.78 is 15.2. The van der Waals surface area contributed by atoms with Crippen LogP contribution in [0, 0.1) is 0 Å². The molecule has 2 aromatic carbocycles. The second-order valence-electron chi connectivity index (χ2n) is 6.62. The fourth-order valence-electron chi connectivity index (χ4n) is 3.27. The van der Waals surface area contributed by atoms with E-state index in [-0.39, 0.29) is 6.04 Å². The summed E-state index contributed by atoms with van der Waals surface area (Å²) >= 11 is 3.65. The average Bonchev–Trinajstić information content (AvgIpc) is 3.25. The molecule has 8 heteroatoms. The van der Waals surface area contributed by atoms with Gasteiger partial charge in [0.1, 0.15) is 17.3 Å². The molecule has 1 atom stereocenters. The zero-order valence-corrected chi connectivity index (χ0v) is 18.3. The number of benzene rings is 2. The molecule has 0 bridgehead atoms. The van der Waals surface area contributed by atoms with Crippen molar-refractivity contribution in [3.05, 3.63) is 54.4 Å². The first kappa shape index (κ1) is 21.6. The second kappa shape index (κ2) is 9.58. The molecule has 0 spiro atoms. The number of aromatic nitrogens is 2. The zero-order chi connectivity index (χ0) is 21.7. The maximum absolute atomic E-state index is 12.1. The number of nitrogens with one attached hydrogen (secondary N) is 1. The Kier molecular flexibility index (Phi) is 6.89. The molecule has 1 aromatic heterocycles. The van der Waals surface area contributed by atoms with Gasteiger partial charge in [-0.05, 0) is 62.4 Å². The van der Waals surface area contributed by atoms with Crippen LogP contribution in [0.2, 0.25) is 0 Å². The van der Waals surface area contributed by atoms with E-state index in [1.165, 1.54) is 0 Å². The number of hydrogen-bond donors (Lipinski definition) is 2. The third-order valence-electron chi connectivity index (χ3n) is 4.98. The van der Waals surface area contributed by atoms with E-state index in [4.69, 9.17) is 14.5 Å². The molecule has 0 aliphatic heterocycles. The van der Waals surface area contributed by atoms with Gasteiger partial charge in [-0.25, -0.2) is 9.78 Å². The van der Waals surface area contributed by atoms with E-state index in [0.29, 0.717) is 12.4 Å². The number of methoxy groups -OCH3 is 2. The zero-order valence-electron chi connectivity index (χ0n) is 17.4. The van der Waals surface area contributed by atoms with Crippen molar-refractivity contribution in [2.24, 2.45) is 0 Å². The highest BCUT2D eigenvalue weighted by molar-refractivity contribution is 7.75. The molecule has 1 amide bonds. The standard InChI is InChI=1S/C22H25N3O4S/c1-5-25(22(26)29-30)14(2)21-23-19(15-6-10-17(27-3)11-7-15)20(24-21)16-8-12-18(28-4)13-9-16/h6-14,30H,5H2,1-4H3,(H,23,24). The van der Waals surface area contributed by atoms with Gasteiger partial charge >= 0.3 is 6.09 Å². The molecule has 0 radical (unpaired) electrons. The van der Waals surface area contributed by atoms with Crippen LogP contribution in [0.25, 0.3) is 22.5 Å². The summed E-state index contributed by atoms with van der Waals surface area (Å²) in [7, 11) is 3.26. The van der Waals surface area contributed by atoms with Crippen molar-refractivity contribution in [3.8, 4) is 34.0 Å². The molecule has 3 rings (SSSR count). The molecule has 1 heterocycles. The summed E-state index contributed by atoms with van der Waals surface area (Å²) in [6.45, 7) is 4.22. The maximum Gasteiger partial charge on any atom is 0.422 e. The average molecular weight is 428 g/mol. The molecule has 0 fully saturated rings. The molecule has 0 saturated carbocycles. The lowest BCUT2D eigenvalue weighted by Crippen LogP contribution is -2.33. The summed E-state index contributed by atoms with van der Waals surface area (Å²) in [4.78, 5) is 21.9. The lowest BCUT2D eigenvalue weighted by molar-refractivity contribution is 0.144. The van der Waals surface area contributed by atoms with Crippen LogP contribution in [0.3, 0.4) is 0 Å². The minimum absolute atomic E-state index is 0.335. The molecule has 30 heavy (non-hydrogen) atoms. The summed E-state index contributed by atoms with van der Waals surface area (Å²) in [5.41, 5.74) is 3.50. The molecule has 1 unspecified atom stereocenters. The van der Waals surface area contributed by atoms with Crippen LogP contribution in [0.1, 0.15) is 25.7 Å². The molecule has 158 valence electrons. The van der Waals surface area contributed by atoms with Gasteiger partial charge in [0.15, 0.2) is 0 Å². The number of ether oxygens (including phenoxy) is 2. The van der Waals surface area contributed by atoms with Crippen LogP contribution in [-0.2, 0) is 4.18 Å². The van der Waals surface area contributed by atoms with Crippen LogP contribution in [0.4, 0.5) is 4.79 Å². The quantitative estimate of drug-likeness (QED) is 0.404. The second-order valence-corrected chi connectivity index (χ2v) is 6.80. The van der Waals surface area contributed by atoms with E-state index in [2.05, 4.69) is 22.1 Å². The van der Waals surface area contributed by atoms with Crippen LogP contribution in [0.5, 0.6) is 11.5 Å². The fraction of sp³-hybridized carbons (Fsp3) is 0.273. The van der Waals surface area contributed by atoms with Crippen molar-refractivity contribution in [3.63, 3.8) is 0 Å². The van der Waals surface area contributed by atoms with Gasteiger partial charge in [-0.3, -0.25) is 4.90 Å². The molecule has 0 aliphatic rings. The summed E-state index contributed by atoms with van der Waals surface area (Å²) in [5.74, 6) is 2.18. The smallest absolute Gasteiger partial charge is 0.422 e. The number of carbonyl (C=O) groups excluding carboxylic acids is 1. The Morgan fingerprint density at radius 2 is 1.57 bits per heavy atom.